The smallest absolute Gasteiger partial charge is 0.333 e. The van der Waals surface area contributed by atoms with Crippen molar-refractivity contribution in [3.63, 3.8) is 0 Å². The van der Waals surface area contributed by atoms with Crippen LogP contribution in [0.4, 0.5) is 0 Å². The average Bonchev–Trinajstić information content (AvgIpc) is 2.52. The lowest BCUT2D eigenvalue weighted by molar-refractivity contribution is -0.208. The fraction of sp³-hybridized carbons (Fsp3) is 0.625. The Morgan fingerprint density at radius 2 is 2.14 bits per heavy atom. The van der Waals surface area contributed by atoms with Gasteiger partial charge in [0, 0.05) is 5.57 Å². The lowest BCUT2D eigenvalue weighted by atomic mass is 10.4. The van der Waals surface area contributed by atoms with Crippen molar-refractivity contribution in [3.8, 4) is 0 Å². The summed E-state index contributed by atoms with van der Waals surface area (Å²) in [7, 11) is -2.96. The standard InChI is InChI=1S/C8H13O5P/c1-7(2)8(9)11-5-6-14(10)12-3-4-13-14/h1,3-6H2,2H3. The van der Waals surface area contributed by atoms with Crippen LogP contribution in [0.25, 0.3) is 0 Å². The van der Waals surface area contributed by atoms with Crippen molar-refractivity contribution in [1.29, 1.82) is 0 Å². The predicted molar refractivity (Wildman–Crippen MR) is 49.5 cm³/mol. The van der Waals surface area contributed by atoms with E-state index in [9.17, 15) is 9.69 Å². The lowest BCUT2D eigenvalue weighted by Crippen LogP contribution is -2.18. The summed E-state index contributed by atoms with van der Waals surface area (Å²) in [6.07, 6.45) is 0.103. The summed E-state index contributed by atoms with van der Waals surface area (Å²) in [6, 6.07) is 0. The molecular weight excluding hydrogens is 207 g/mol. The van der Waals surface area contributed by atoms with E-state index in [1.165, 1.54) is 0 Å². The second-order valence-electron chi connectivity index (χ2n) is 2.92. The Morgan fingerprint density at radius 1 is 1.57 bits per heavy atom. The van der Waals surface area contributed by atoms with Crippen LogP contribution in [0.2, 0.25) is 0 Å². The lowest BCUT2D eigenvalue weighted by Gasteiger charge is -2.19. The summed E-state index contributed by atoms with van der Waals surface area (Å²) in [6.45, 7) is 5.67. The molecule has 0 aromatic rings. The van der Waals surface area contributed by atoms with Gasteiger partial charge in [0.25, 0.3) is 0 Å². The Labute approximate surface area is 83.2 Å². The van der Waals surface area contributed by atoms with Gasteiger partial charge in [0.05, 0.1) is 0 Å². The molecule has 0 saturated carbocycles. The molecule has 6 heteroatoms. The summed E-state index contributed by atoms with van der Waals surface area (Å²) in [5.41, 5.74) is 0.316. The maximum absolute atomic E-state index is 11.5. The summed E-state index contributed by atoms with van der Waals surface area (Å²) >= 11 is 0. The Kier molecular flexibility index (Phi) is 4.01. The minimum absolute atomic E-state index is 0.0307. The van der Waals surface area contributed by atoms with Crippen LogP contribution in [0.15, 0.2) is 12.2 Å². The molecule has 0 atom stereocenters. The molecule has 0 unspecified atom stereocenters. The fourth-order valence-electron chi connectivity index (χ4n) is 0.892. The van der Waals surface area contributed by atoms with Crippen molar-refractivity contribution in [3.05, 3.63) is 12.2 Å². The van der Waals surface area contributed by atoms with E-state index in [-0.39, 0.29) is 12.8 Å². The highest BCUT2D eigenvalue weighted by molar-refractivity contribution is 7.59. The first-order chi connectivity index (χ1) is 6.53. The zero-order valence-electron chi connectivity index (χ0n) is 8.02. The highest BCUT2D eigenvalue weighted by Crippen LogP contribution is 2.55. The molecule has 5 nitrogen and oxygen atoms in total. The van der Waals surface area contributed by atoms with Crippen LogP contribution < -0.4 is 4.89 Å². The Bertz CT molecular complexity index is 234. The van der Waals surface area contributed by atoms with Crippen LogP contribution >= 0.6 is 7.94 Å². The summed E-state index contributed by atoms with van der Waals surface area (Å²) in [5.74, 6) is -0.490. The largest absolute Gasteiger partial charge is 0.631 e. The SMILES string of the molecule is C=C(C)C(=O)OCC[P+]1([O-])OCCO1. The van der Waals surface area contributed by atoms with E-state index in [0.717, 1.165) is 0 Å². The van der Waals surface area contributed by atoms with Crippen LogP contribution in [0.3, 0.4) is 0 Å². The van der Waals surface area contributed by atoms with Gasteiger partial charge in [0.1, 0.15) is 26.0 Å². The number of hydrogen-bond acceptors (Lipinski definition) is 5. The van der Waals surface area contributed by atoms with Gasteiger partial charge in [0.15, 0.2) is 0 Å². The van der Waals surface area contributed by atoms with Gasteiger partial charge in [-0.2, -0.15) is 0 Å². The van der Waals surface area contributed by atoms with Crippen LogP contribution in [-0.2, 0) is 18.6 Å². The first-order valence-corrected chi connectivity index (χ1v) is 5.97. The number of rotatable bonds is 4. The molecule has 0 bridgehead atoms. The molecule has 0 aromatic carbocycles. The Hall–Kier alpha value is -0.480. The van der Waals surface area contributed by atoms with Crippen LogP contribution in [0, 0.1) is 0 Å². The first-order valence-electron chi connectivity index (χ1n) is 4.24. The third-order valence-electron chi connectivity index (χ3n) is 1.61. The van der Waals surface area contributed by atoms with Gasteiger partial charge in [-0.25, -0.2) is 13.8 Å². The van der Waals surface area contributed by atoms with E-state index < -0.39 is 13.9 Å². The van der Waals surface area contributed by atoms with Crippen LogP contribution in [-0.4, -0.2) is 32.0 Å². The van der Waals surface area contributed by atoms with Crippen LogP contribution in [0.1, 0.15) is 6.92 Å². The second kappa shape index (κ2) is 4.84. The molecule has 1 saturated heterocycles. The van der Waals surface area contributed by atoms with E-state index in [1.54, 1.807) is 6.92 Å². The topological polar surface area (TPSA) is 67.8 Å². The van der Waals surface area contributed by atoms with E-state index in [1.807, 2.05) is 0 Å². The van der Waals surface area contributed by atoms with Gasteiger partial charge < -0.3 is 9.63 Å². The second-order valence-corrected chi connectivity index (χ2v) is 5.10. The third kappa shape index (κ3) is 3.35. The van der Waals surface area contributed by atoms with Gasteiger partial charge in [-0.1, -0.05) is 6.58 Å². The minimum atomic E-state index is -2.96. The molecule has 0 radical (unpaired) electrons. The summed E-state index contributed by atoms with van der Waals surface area (Å²) in [5, 5.41) is 0. The molecule has 0 amide bonds. The molecule has 14 heavy (non-hydrogen) atoms. The molecule has 0 N–H and O–H groups in total. The average molecular weight is 220 g/mol. The summed E-state index contributed by atoms with van der Waals surface area (Å²) in [4.78, 5) is 22.4. The molecule has 1 aliphatic heterocycles. The zero-order valence-corrected chi connectivity index (χ0v) is 8.92. The fourth-order valence-corrected chi connectivity index (χ4v) is 2.25. The van der Waals surface area contributed by atoms with Crippen molar-refractivity contribution in [2.75, 3.05) is 26.0 Å². The quantitative estimate of drug-likeness (QED) is 0.386. The van der Waals surface area contributed by atoms with Gasteiger partial charge >= 0.3 is 5.97 Å². The molecule has 1 fully saturated rings. The molecule has 1 aliphatic rings. The first kappa shape index (κ1) is 11.6. The highest BCUT2D eigenvalue weighted by Gasteiger charge is 2.35. The summed E-state index contributed by atoms with van der Waals surface area (Å²) < 4.78 is 14.6. The highest BCUT2D eigenvalue weighted by atomic mass is 31.2. The molecular formula is C8H13O5P. The van der Waals surface area contributed by atoms with Gasteiger partial charge in [-0.3, -0.25) is 0 Å². The number of ether oxygens (including phenoxy) is 1. The van der Waals surface area contributed by atoms with E-state index in [0.29, 0.717) is 18.8 Å². The maximum atomic E-state index is 11.5. The molecule has 0 aromatic heterocycles. The van der Waals surface area contributed by atoms with Crippen molar-refractivity contribution in [2.24, 2.45) is 0 Å². The van der Waals surface area contributed by atoms with Crippen molar-refractivity contribution >= 4 is 13.9 Å². The number of carbonyl (C=O) groups excluding carboxylic acids is 1. The predicted octanol–water partition coefficient (Wildman–Crippen LogP) is 0.275. The van der Waals surface area contributed by atoms with Gasteiger partial charge in [-0.05, 0) is 6.92 Å². The van der Waals surface area contributed by atoms with Gasteiger partial charge in [0.2, 0.25) is 7.94 Å². The maximum Gasteiger partial charge on any atom is 0.333 e. The monoisotopic (exact) mass is 220 g/mol. The van der Waals surface area contributed by atoms with Gasteiger partial charge in [-0.15, -0.1) is 0 Å². The number of carbonyl (C=O) groups is 1. The number of esters is 1. The zero-order chi connectivity index (χ0) is 10.6. The van der Waals surface area contributed by atoms with Crippen LogP contribution in [0.5, 0.6) is 0 Å². The molecule has 1 rings (SSSR count). The van der Waals surface area contributed by atoms with Crippen molar-refractivity contribution in [2.45, 2.75) is 6.92 Å². The van der Waals surface area contributed by atoms with Crippen molar-refractivity contribution in [1.82, 2.24) is 0 Å². The van der Waals surface area contributed by atoms with Crippen molar-refractivity contribution < 1.29 is 23.5 Å². The molecule has 1 heterocycles. The molecule has 0 aliphatic carbocycles. The molecule has 80 valence electrons. The minimum Gasteiger partial charge on any atom is -0.631 e. The van der Waals surface area contributed by atoms with E-state index in [2.05, 4.69) is 6.58 Å². The number of hydrogen-bond donors (Lipinski definition) is 0. The normalized spacial score (nSPS) is 19.3. The van der Waals surface area contributed by atoms with E-state index in [4.69, 9.17) is 13.8 Å². The molecule has 0 spiro atoms. The Morgan fingerprint density at radius 3 is 2.64 bits per heavy atom. The Balaban J connectivity index is 2.20. The van der Waals surface area contributed by atoms with E-state index >= 15 is 0 Å². The third-order valence-corrected chi connectivity index (χ3v) is 3.49.